The molecule has 0 bridgehead atoms. The molecule has 4 heterocycles. The van der Waals surface area contributed by atoms with Crippen LogP contribution in [0.5, 0.6) is 0 Å². The van der Waals surface area contributed by atoms with Crippen LogP contribution in [0, 0.1) is 11.3 Å². The lowest BCUT2D eigenvalue weighted by molar-refractivity contribution is 0.137. The number of likely N-dealkylation sites (tertiary alicyclic amines) is 1. The molecule has 1 aliphatic heterocycles. The number of nitriles is 1. The van der Waals surface area contributed by atoms with Gasteiger partial charge in [0.1, 0.15) is 11.8 Å². The molecule has 29 heavy (non-hydrogen) atoms. The van der Waals surface area contributed by atoms with Crippen LogP contribution >= 0.6 is 23.1 Å². The van der Waals surface area contributed by atoms with E-state index >= 15 is 0 Å². The molecule has 0 amide bonds. The molecule has 7 nitrogen and oxygen atoms in total. The first-order chi connectivity index (χ1) is 14.2. The monoisotopic (exact) mass is 423 g/mol. The normalized spacial score (nSPS) is 17.0. The summed E-state index contributed by atoms with van der Waals surface area (Å²) in [5.74, 6) is 0. The first-order valence-electron chi connectivity index (χ1n) is 9.42. The third kappa shape index (κ3) is 4.90. The van der Waals surface area contributed by atoms with Gasteiger partial charge in [0.05, 0.1) is 23.6 Å². The highest BCUT2D eigenvalue weighted by molar-refractivity contribution is 7.98. The molecule has 1 atom stereocenters. The van der Waals surface area contributed by atoms with E-state index in [-0.39, 0.29) is 0 Å². The minimum Gasteiger partial charge on any atom is -0.330 e. The molecule has 1 N–H and O–H groups in total. The number of thioether (sulfide) groups is 1. The number of aromatic nitrogens is 4. The number of anilines is 2. The summed E-state index contributed by atoms with van der Waals surface area (Å²) in [4.78, 5) is 20.2. The average molecular weight is 424 g/mol. The SMILES string of the molecule is CSc1ncc(CN2CCCC[C@@H]2c2csc(Nc3ccc(C#N)nc3)n2)cn1. The van der Waals surface area contributed by atoms with Crippen molar-refractivity contribution in [1.29, 1.82) is 5.26 Å². The van der Waals surface area contributed by atoms with Gasteiger partial charge in [-0.15, -0.1) is 11.3 Å². The first-order valence-corrected chi connectivity index (χ1v) is 11.5. The van der Waals surface area contributed by atoms with Crippen LogP contribution in [0.25, 0.3) is 0 Å². The van der Waals surface area contributed by atoms with Gasteiger partial charge in [-0.2, -0.15) is 5.26 Å². The lowest BCUT2D eigenvalue weighted by Crippen LogP contribution is -2.33. The third-order valence-electron chi connectivity index (χ3n) is 4.86. The molecule has 148 valence electrons. The van der Waals surface area contributed by atoms with Crippen LogP contribution in [0.15, 0.2) is 41.3 Å². The van der Waals surface area contributed by atoms with Crippen molar-refractivity contribution in [2.45, 2.75) is 37.0 Å². The Morgan fingerprint density at radius 3 is 2.83 bits per heavy atom. The predicted octanol–water partition coefficient (Wildman–Crippen LogP) is 4.39. The van der Waals surface area contributed by atoms with Crippen molar-refractivity contribution in [2.24, 2.45) is 0 Å². The summed E-state index contributed by atoms with van der Waals surface area (Å²) in [5.41, 5.74) is 3.46. The summed E-state index contributed by atoms with van der Waals surface area (Å²) in [5, 5.41) is 15.9. The highest BCUT2D eigenvalue weighted by Gasteiger charge is 2.26. The highest BCUT2D eigenvalue weighted by Crippen LogP contribution is 2.34. The number of piperidine rings is 1. The van der Waals surface area contributed by atoms with E-state index in [1.807, 2.05) is 30.8 Å². The second-order valence-electron chi connectivity index (χ2n) is 6.81. The molecule has 0 radical (unpaired) electrons. The second kappa shape index (κ2) is 9.31. The molecule has 0 spiro atoms. The number of nitrogens with zero attached hydrogens (tertiary/aromatic N) is 6. The van der Waals surface area contributed by atoms with Crippen LogP contribution in [-0.4, -0.2) is 37.6 Å². The number of hydrogen-bond acceptors (Lipinski definition) is 9. The number of hydrogen-bond donors (Lipinski definition) is 1. The van der Waals surface area contributed by atoms with Crippen LogP contribution < -0.4 is 5.32 Å². The van der Waals surface area contributed by atoms with Gasteiger partial charge < -0.3 is 5.32 Å². The molecular weight excluding hydrogens is 402 g/mol. The van der Waals surface area contributed by atoms with E-state index in [1.165, 1.54) is 12.8 Å². The highest BCUT2D eigenvalue weighted by atomic mass is 32.2. The fourth-order valence-corrected chi connectivity index (χ4v) is 4.53. The van der Waals surface area contributed by atoms with Crippen molar-refractivity contribution >= 4 is 33.9 Å². The second-order valence-corrected chi connectivity index (χ2v) is 8.44. The smallest absolute Gasteiger partial charge is 0.187 e. The molecule has 3 aromatic rings. The zero-order chi connectivity index (χ0) is 20.1. The van der Waals surface area contributed by atoms with Gasteiger partial charge >= 0.3 is 0 Å². The van der Waals surface area contributed by atoms with Crippen molar-refractivity contribution < 1.29 is 0 Å². The van der Waals surface area contributed by atoms with Gasteiger partial charge in [0.25, 0.3) is 0 Å². The topological polar surface area (TPSA) is 90.6 Å². The lowest BCUT2D eigenvalue weighted by atomic mass is 9.99. The van der Waals surface area contributed by atoms with Gasteiger partial charge in [-0.25, -0.2) is 19.9 Å². The van der Waals surface area contributed by atoms with Gasteiger partial charge in [-0.3, -0.25) is 4.90 Å². The van der Waals surface area contributed by atoms with Crippen molar-refractivity contribution in [3.05, 3.63) is 53.1 Å². The Morgan fingerprint density at radius 1 is 1.24 bits per heavy atom. The Labute approximate surface area is 178 Å². The molecule has 4 rings (SSSR count). The van der Waals surface area contributed by atoms with Gasteiger partial charge in [-0.1, -0.05) is 18.2 Å². The molecule has 1 saturated heterocycles. The van der Waals surface area contributed by atoms with Crippen molar-refractivity contribution in [2.75, 3.05) is 18.1 Å². The van der Waals surface area contributed by atoms with Gasteiger partial charge in [0.2, 0.25) is 0 Å². The fraction of sp³-hybridized carbons (Fsp3) is 0.350. The van der Waals surface area contributed by atoms with E-state index in [4.69, 9.17) is 10.2 Å². The molecule has 0 aliphatic carbocycles. The molecule has 0 saturated carbocycles. The minimum atomic E-state index is 0.301. The Morgan fingerprint density at radius 2 is 2.10 bits per heavy atom. The van der Waals surface area contributed by atoms with Crippen LogP contribution in [0.2, 0.25) is 0 Å². The molecule has 1 fully saturated rings. The van der Waals surface area contributed by atoms with Crippen molar-refractivity contribution in [1.82, 2.24) is 24.8 Å². The Kier molecular flexibility index (Phi) is 6.34. The maximum absolute atomic E-state index is 8.87. The van der Waals surface area contributed by atoms with E-state index < -0.39 is 0 Å². The summed E-state index contributed by atoms with van der Waals surface area (Å²) in [7, 11) is 0. The van der Waals surface area contributed by atoms with Crippen molar-refractivity contribution in [3.63, 3.8) is 0 Å². The van der Waals surface area contributed by atoms with Gasteiger partial charge in [0.15, 0.2) is 10.3 Å². The van der Waals surface area contributed by atoms with Gasteiger partial charge in [-0.05, 0) is 37.8 Å². The summed E-state index contributed by atoms with van der Waals surface area (Å²) < 4.78 is 0. The van der Waals surface area contributed by atoms with E-state index in [1.54, 1.807) is 35.4 Å². The Balaban J connectivity index is 1.45. The summed E-state index contributed by atoms with van der Waals surface area (Å²) in [6, 6.07) is 5.87. The standard InChI is InChI=1S/C20H21N7S2/c1-28-19-23-9-14(10-24-19)12-27-7-3-2-4-18(27)17-13-29-20(26-17)25-16-6-5-15(8-21)22-11-16/h5-6,9-11,13,18H,2-4,7,12H2,1H3,(H,25,26)/t18-/m1/s1. The molecule has 3 aromatic heterocycles. The molecule has 9 heteroatoms. The molecule has 1 aliphatic rings. The van der Waals surface area contributed by atoms with Gasteiger partial charge in [0, 0.05) is 29.9 Å². The van der Waals surface area contributed by atoms with Crippen molar-refractivity contribution in [3.8, 4) is 6.07 Å². The molecule has 0 aromatic carbocycles. The summed E-state index contributed by atoms with van der Waals surface area (Å²) in [6.45, 7) is 1.88. The zero-order valence-corrected chi connectivity index (χ0v) is 17.7. The number of nitrogens with one attached hydrogen (secondary N) is 1. The van der Waals surface area contributed by atoms with E-state index in [2.05, 4.69) is 30.5 Å². The lowest BCUT2D eigenvalue weighted by Gasteiger charge is -2.34. The largest absolute Gasteiger partial charge is 0.330 e. The number of thiazole rings is 1. The van der Waals surface area contributed by atoms with Crippen LogP contribution in [0.1, 0.15) is 42.3 Å². The summed E-state index contributed by atoms with van der Waals surface area (Å²) in [6.07, 6.45) is 11.0. The number of rotatable bonds is 6. The third-order valence-corrected chi connectivity index (χ3v) is 6.21. The predicted molar refractivity (Wildman–Crippen MR) is 115 cm³/mol. The van der Waals surface area contributed by atoms with Crippen LogP contribution in [0.4, 0.5) is 10.8 Å². The quantitative estimate of drug-likeness (QED) is 0.461. The minimum absolute atomic E-state index is 0.301. The average Bonchev–Trinajstić information content (AvgIpc) is 3.23. The Hall–Kier alpha value is -2.54. The molecule has 0 unspecified atom stereocenters. The maximum Gasteiger partial charge on any atom is 0.187 e. The summed E-state index contributed by atoms with van der Waals surface area (Å²) >= 11 is 3.15. The van der Waals surface area contributed by atoms with Crippen LogP contribution in [-0.2, 0) is 6.54 Å². The molecular formula is C20H21N7S2. The first kappa shape index (κ1) is 19.8. The van der Waals surface area contributed by atoms with E-state index in [0.717, 1.165) is 46.7 Å². The van der Waals surface area contributed by atoms with E-state index in [9.17, 15) is 0 Å². The van der Waals surface area contributed by atoms with E-state index in [0.29, 0.717) is 11.7 Å². The fourth-order valence-electron chi connectivity index (χ4n) is 3.43. The number of pyridine rings is 1. The maximum atomic E-state index is 8.87. The van der Waals surface area contributed by atoms with Crippen LogP contribution in [0.3, 0.4) is 0 Å². The Bertz CT molecular complexity index is 979. The zero-order valence-electron chi connectivity index (χ0n) is 16.1.